The highest BCUT2D eigenvalue weighted by atomic mass is 32.1. The molecule has 1 saturated heterocycles. The maximum Gasteiger partial charge on any atom is 0.199 e. The Bertz CT molecular complexity index is 743. The Labute approximate surface area is 147 Å². The average Bonchev–Trinajstić information content (AvgIpc) is 2.82. The lowest BCUT2D eigenvalue weighted by Crippen LogP contribution is -2.46. The van der Waals surface area contributed by atoms with E-state index in [2.05, 4.69) is 18.7 Å². The molecular weight excluding hydrogens is 324 g/mol. The summed E-state index contributed by atoms with van der Waals surface area (Å²) >= 11 is 5.57. The van der Waals surface area contributed by atoms with Gasteiger partial charge in [-0.15, -0.1) is 0 Å². The third kappa shape index (κ3) is 3.53. The van der Waals surface area contributed by atoms with E-state index in [1.54, 1.807) is 7.11 Å². The van der Waals surface area contributed by atoms with E-state index in [9.17, 15) is 0 Å². The molecule has 0 bridgehead atoms. The van der Waals surface area contributed by atoms with Crippen molar-refractivity contribution >= 4 is 12.2 Å². The van der Waals surface area contributed by atoms with Gasteiger partial charge in [-0.05, 0) is 50.3 Å². The number of aromatic nitrogens is 3. The first-order valence-corrected chi connectivity index (χ1v) is 8.55. The fraction of sp³-hybridized carbons (Fsp3) is 0.529. The molecule has 1 aliphatic rings. The Kier molecular flexibility index (Phi) is 5.03. The molecule has 2 atom stereocenters. The van der Waals surface area contributed by atoms with Gasteiger partial charge in [-0.3, -0.25) is 4.90 Å². The number of nitrogens with zero attached hydrogens (tertiary/aromatic N) is 4. The minimum atomic E-state index is 0.229. The van der Waals surface area contributed by atoms with E-state index >= 15 is 0 Å². The molecule has 0 N–H and O–H groups in total. The lowest BCUT2D eigenvalue weighted by Gasteiger charge is -2.34. The van der Waals surface area contributed by atoms with Crippen molar-refractivity contribution in [2.45, 2.75) is 32.7 Å². The van der Waals surface area contributed by atoms with Gasteiger partial charge in [0.15, 0.2) is 10.6 Å². The number of ether oxygens (including phenoxy) is 2. The molecule has 0 radical (unpaired) electrons. The van der Waals surface area contributed by atoms with Crippen LogP contribution in [0, 0.1) is 4.77 Å². The van der Waals surface area contributed by atoms with Crippen molar-refractivity contribution in [2.24, 2.45) is 7.05 Å². The van der Waals surface area contributed by atoms with E-state index in [1.165, 1.54) is 0 Å². The molecule has 2 unspecified atom stereocenters. The summed E-state index contributed by atoms with van der Waals surface area (Å²) in [5.74, 6) is 1.69. The van der Waals surface area contributed by atoms with Crippen molar-refractivity contribution in [3.63, 3.8) is 0 Å². The lowest BCUT2D eigenvalue weighted by atomic mass is 10.2. The van der Waals surface area contributed by atoms with E-state index in [4.69, 9.17) is 26.8 Å². The highest BCUT2D eigenvalue weighted by Crippen LogP contribution is 2.21. The molecule has 0 amide bonds. The largest absolute Gasteiger partial charge is 0.497 e. The Hall–Kier alpha value is -1.70. The van der Waals surface area contributed by atoms with Gasteiger partial charge in [-0.25, -0.2) is 4.68 Å². The number of hydrogen-bond acceptors (Lipinski definition) is 5. The third-order valence-electron chi connectivity index (χ3n) is 4.22. The minimum Gasteiger partial charge on any atom is -0.497 e. The van der Waals surface area contributed by atoms with Crippen LogP contribution in [0.2, 0.25) is 0 Å². The van der Waals surface area contributed by atoms with Crippen LogP contribution in [0.4, 0.5) is 0 Å². The van der Waals surface area contributed by atoms with Gasteiger partial charge in [-0.1, -0.05) is 0 Å². The van der Waals surface area contributed by atoms with Gasteiger partial charge < -0.3 is 14.0 Å². The van der Waals surface area contributed by atoms with E-state index in [-0.39, 0.29) is 12.2 Å². The quantitative estimate of drug-likeness (QED) is 0.795. The topological polar surface area (TPSA) is 44.4 Å². The fourth-order valence-corrected chi connectivity index (χ4v) is 3.35. The normalized spacial score (nSPS) is 21.8. The monoisotopic (exact) mass is 348 g/mol. The zero-order valence-electron chi connectivity index (χ0n) is 14.6. The first-order valence-electron chi connectivity index (χ1n) is 8.14. The molecule has 1 aromatic carbocycles. The fourth-order valence-electron chi connectivity index (χ4n) is 3.16. The number of morpholine rings is 1. The summed E-state index contributed by atoms with van der Waals surface area (Å²) in [6.45, 7) is 6.66. The second-order valence-corrected chi connectivity index (χ2v) is 6.69. The zero-order valence-corrected chi connectivity index (χ0v) is 15.4. The molecule has 1 fully saturated rings. The highest BCUT2D eigenvalue weighted by molar-refractivity contribution is 7.71. The standard InChI is InChI=1S/C17H24N4O2S/c1-12-9-20(10-13(2)23-12)11-21-17(24)19(3)16(18-21)14-5-7-15(22-4)8-6-14/h5-8,12-13H,9-11H2,1-4H3. The van der Waals surface area contributed by atoms with Crippen LogP contribution in [0.25, 0.3) is 11.4 Å². The van der Waals surface area contributed by atoms with Gasteiger partial charge in [-0.2, -0.15) is 5.10 Å². The van der Waals surface area contributed by atoms with Gasteiger partial charge in [0.2, 0.25) is 0 Å². The first-order chi connectivity index (χ1) is 11.5. The molecule has 130 valence electrons. The zero-order chi connectivity index (χ0) is 17.3. The molecule has 24 heavy (non-hydrogen) atoms. The summed E-state index contributed by atoms with van der Waals surface area (Å²) in [5.41, 5.74) is 1.02. The second-order valence-electron chi connectivity index (χ2n) is 6.33. The van der Waals surface area contributed by atoms with Crippen LogP contribution in [0.3, 0.4) is 0 Å². The number of rotatable bonds is 4. The van der Waals surface area contributed by atoms with Crippen LogP contribution in [0.15, 0.2) is 24.3 Å². The predicted molar refractivity (Wildman–Crippen MR) is 95.6 cm³/mol. The Balaban J connectivity index is 1.84. The van der Waals surface area contributed by atoms with Gasteiger partial charge in [0.25, 0.3) is 0 Å². The van der Waals surface area contributed by atoms with Gasteiger partial charge in [0.1, 0.15) is 5.75 Å². The lowest BCUT2D eigenvalue weighted by molar-refractivity contribution is -0.0777. The second kappa shape index (κ2) is 7.04. The Morgan fingerprint density at radius 2 is 1.83 bits per heavy atom. The van der Waals surface area contributed by atoms with Crippen LogP contribution in [0.1, 0.15) is 13.8 Å². The highest BCUT2D eigenvalue weighted by Gasteiger charge is 2.23. The van der Waals surface area contributed by atoms with Crippen LogP contribution < -0.4 is 4.74 Å². The molecule has 2 heterocycles. The van der Waals surface area contributed by atoms with Crippen LogP contribution >= 0.6 is 12.2 Å². The van der Waals surface area contributed by atoms with Crippen molar-refractivity contribution in [1.29, 1.82) is 0 Å². The SMILES string of the molecule is COc1ccc(-c2nn(CN3CC(C)OC(C)C3)c(=S)n2C)cc1. The van der Waals surface area contributed by atoms with Gasteiger partial charge in [0, 0.05) is 25.7 Å². The number of methoxy groups -OCH3 is 1. The Morgan fingerprint density at radius 1 is 1.21 bits per heavy atom. The van der Waals surface area contributed by atoms with Crippen molar-refractivity contribution in [2.75, 3.05) is 20.2 Å². The average molecular weight is 348 g/mol. The van der Waals surface area contributed by atoms with Crippen LogP contribution in [-0.2, 0) is 18.5 Å². The maximum absolute atomic E-state index is 5.79. The Morgan fingerprint density at radius 3 is 2.42 bits per heavy atom. The molecule has 2 aromatic rings. The maximum atomic E-state index is 5.79. The molecule has 0 spiro atoms. The molecule has 1 aliphatic heterocycles. The molecule has 7 heteroatoms. The molecular formula is C17H24N4O2S. The first kappa shape index (κ1) is 17.1. The number of hydrogen-bond donors (Lipinski definition) is 0. The van der Waals surface area contributed by atoms with Crippen LogP contribution in [-0.4, -0.2) is 51.7 Å². The minimum absolute atomic E-state index is 0.229. The van der Waals surface area contributed by atoms with E-state index in [1.807, 2.05) is 40.6 Å². The van der Waals surface area contributed by atoms with E-state index in [0.717, 1.165) is 30.2 Å². The van der Waals surface area contributed by atoms with Gasteiger partial charge in [0.05, 0.1) is 26.0 Å². The van der Waals surface area contributed by atoms with Crippen molar-refractivity contribution < 1.29 is 9.47 Å². The summed E-state index contributed by atoms with van der Waals surface area (Å²) in [6, 6.07) is 7.86. The van der Waals surface area contributed by atoms with Crippen molar-refractivity contribution in [1.82, 2.24) is 19.2 Å². The van der Waals surface area contributed by atoms with Crippen molar-refractivity contribution in [3.8, 4) is 17.1 Å². The van der Waals surface area contributed by atoms with Crippen LogP contribution in [0.5, 0.6) is 5.75 Å². The third-order valence-corrected chi connectivity index (χ3v) is 4.70. The summed E-state index contributed by atoms with van der Waals surface area (Å²) < 4.78 is 15.6. The number of benzene rings is 1. The molecule has 1 aromatic heterocycles. The predicted octanol–water partition coefficient (Wildman–Crippen LogP) is 2.69. The molecule has 0 aliphatic carbocycles. The molecule has 6 nitrogen and oxygen atoms in total. The van der Waals surface area contributed by atoms with E-state index < -0.39 is 0 Å². The van der Waals surface area contributed by atoms with E-state index in [0.29, 0.717) is 11.4 Å². The van der Waals surface area contributed by atoms with Gasteiger partial charge >= 0.3 is 0 Å². The summed E-state index contributed by atoms with van der Waals surface area (Å²) in [6.07, 6.45) is 0.459. The smallest absolute Gasteiger partial charge is 0.199 e. The molecule has 3 rings (SSSR count). The van der Waals surface area contributed by atoms with Crippen molar-refractivity contribution in [3.05, 3.63) is 29.0 Å². The summed E-state index contributed by atoms with van der Waals surface area (Å²) in [4.78, 5) is 2.33. The summed E-state index contributed by atoms with van der Waals surface area (Å²) in [5, 5.41) is 4.73. The molecule has 0 saturated carbocycles. The summed E-state index contributed by atoms with van der Waals surface area (Å²) in [7, 11) is 3.62.